The molecule has 1 aliphatic rings. The van der Waals surface area contributed by atoms with E-state index in [1.165, 1.54) is 24.3 Å². The first-order valence-electron chi connectivity index (χ1n) is 12.1. The van der Waals surface area contributed by atoms with E-state index < -0.39 is 34.9 Å². The predicted octanol–water partition coefficient (Wildman–Crippen LogP) is 0.813. The summed E-state index contributed by atoms with van der Waals surface area (Å²) in [5.74, 6) is -1.36. The van der Waals surface area contributed by atoms with Gasteiger partial charge in [0.1, 0.15) is 12.1 Å². The van der Waals surface area contributed by atoms with Crippen molar-refractivity contribution in [2.45, 2.75) is 64.1 Å². The molecule has 0 spiro atoms. The Morgan fingerprint density at radius 1 is 1.33 bits per heavy atom. The molecule has 198 valence electrons. The van der Waals surface area contributed by atoms with Gasteiger partial charge in [0, 0.05) is 30.3 Å². The molecule has 1 fully saturated rings. The number of rotatable bonds is 12. The second-order valence-electron chi connectivity index (χ2n) is 8.95. The van der Waals surface area contributed by atoms with Crippen LogP contribution in [0.15, 0.2) is 29.3 Å². The van der Waals surface area contributed by atoms with E-state index in [4.69, 9.17) is 11.5 Å². The van der Waals surface area contributed by atoms with Gasteiger partial charge in [0.2, 0.25) is 11.8 Å². The highest BCUT2D eigenvalue weighted by Crippen LogP contribution is 2.21. The van der Waals surface area contributed by atoms with E-state index in [2.05, 4.69) is 21.4 Å². The standard InChI is InChI=1S/C23H36N8O5/c1-3-14(2)19(24)22(34)30-13-5-7-18(30)21(33)29-17(6-4-12-27-23(25)26)20(32)28-15-8-10-16(11-9-15)31(35)36/h8-11,14,17-19H,3-7,12-13,24H2,1-2H3,(H6,25,26,27,28,29,32,33)/t14-,17+,18+,19-/m1/s1. The molecule has 0 unspecified atom stereocenters. The molecule has 0 bridgehead atoms. The summed E-state index contributed by atoms with van der Waals surface area (Å²) >= 11 is 0. The molecule has 13 heteroatoms. The van der Waals surface area contributed by atoms with Gasteiger partial charge in [-0.2, -0.15) is 0 Å². The smallest absolute Gasteiger partial charge is 0.281 e. The second-order valence-corrected chi connectivity index (χ2v) is 8.95. The number of likely N-dealkylation sites (tertiary alicyclic amines) is 1. The Bertz CT molecular complexity index is 964. The topological polar surface area (TPSA) is 211 Å². The third-order valence-electron chi connectivity index (χ3n) is 6.40. The lowest BCUT2D eigenvalue weighted by Gasteiger charge is -2.28. The molecule has 1 aromatic rings. The Hall–Kier alpha value is -3.74. The number of carbonyl (C=O) groups excluding carboxylic acids is 3. The summed E-state index contributed by atoms with van der Waals surface area (Å²) in [5, 5.41) is 16.3. The maximum atomic E-state index is 13.2. The van der Waals surface area contributed by atoms with E-state index in [0.717, 1.165) is 6.42 Å². The zero-order chi connectivity index (χ0) is 26.8. The SMILES string of the molecule is CC[C@@H](C)[C@@H]([NH3+])C(=O)N1CCC[C@H]1C(=O)N[C@@H](CCCN=C([NH-])N)C(=O)Nc1ccc([N+](=O)[O-])cc1. The van der Waals surface area contributed by atoms with E-state index in [9.17, 15) is 24.5 Å². The van der Waals surface area contributed by atoms with Gasteiger partial charge in [0.15, 0.2) is 6.04 Å². The number of guanidine groups is 1. The molecule has 13 nitrogen and oxygen atoms in total. The molecule has 1 aliphatic heterocycles. The summed E-state index contributed by atoms with van der Waals surface area (Å²) in [5.41, 5.74) is 16.7. The van der Waals surface area contributed by atoms with Crippen LogP contribution in [-0.4, -0.2) is 64.7 Å². The number of hydrogen-bond donors (Lipinski definition) is 4. The highest BCUT2D eigenvalue weighted by atomic mass is 16.6. The number of nitrogens with two attached hydrogens (primary N) is 1. The summed E-state index contributed by atoms with van der Waals surface area (Å²) in [7, 11) is 0. The quantitative estimate of drug-likeness (QED) is 0.106. The molecule has 0 aromatic heterocycles. The highest BCUT2D eigenvalue weighted by molar-refractivity contribution is 5.98. The molecule has 1 saturated heterocycles. The summed E-state index contributed by atoms with van der Waals surface area (Å²) in [6.07, 6.45) is 2.55. The van der Waals surface area contributed by atoms with Crippen LogP contribution in [0.3, 0.4) is 0 Å². The Balaban J connectivity index is 2.12. The Morgan fingerprint density at radius 3 is 2.58 bits per heavy atom. The van der Waals surface area contributed by atoms with Crippen molar-refractivity contribution >= 4 is 35.1 Å². The predicted molar refractivity (Wildman–Crippen MR) is 135 cm³/mol. The minimum Gasteiger partial charge on any atom is -0.454 e. The van der Waals surface area contributed by atoms with Crippen molar-refractivity contribution in [3.8, 4) is 0 Å². The van der Waals surface area contributed by atoms with Crippen LogP contribution in [0.4, 0.5) is 11.4 Å². The Morgan fingerprint density at radius 2 is 2.00 bits per heavy atom. The monoisotopic (exact) mass is 504 g/mol. The lowest BCUT2D eigenvalue weighted by molar-refractivity contribution is -0.417. The second kappa shape index (κ2) is 13.4. The van der Waals surface area contributed by atoms with Crippen LogP contribution in [0.1, 0.15) is 46.0 Å². The first-order valence-corrected chi connectivity index (χ1v) is 12.1. The van der Waals surface area contributed by atoms with Gasteiger partial charge in [-0.05, 0) is 56.7 Å². The van der Waals surface area contributed by atoms with Gasteiger partial charge in [-0.25, -0.2) is 0 Å². The van der Waals surface area contributed by atoms with Gasteiger partial charge in [-0.15, -0.1) is 0 Å². The minimum absolute atomic E-state index is 0.0760. The molecule has 3 amide bonds. The van der Waals surface area contributed by atoms with Crippen LogP contribution in [0.5, 0.6) is 0 Å². The van der Waals surface area contributed by atoms with E-state index >= 15 is 0 Å². The van der Waals surface area contributed by atoms with Gasteiger partial charge >= 0.3 is 0 Å². The van der Waals surface area contributed by atoms with Crippen molar-refractivity contribution < 1.29 is 25.0 Å². The molecule has 0 radical (unpaired) electrons. The minimum atomic E-state index is -0.947. The number of nitro benzene ring substituents is 1. The summed E-state index contributed by atoms with van der Waals surface area (Å²) in [4.78, 5) is 54.9. The zero-order valence-corrected chi connectivity index (χ0v) is 20.7. The number of nitro groups is 1. The van der Waals surface area contributed by atoms with Gasteiger partial charge in [-0.3, -0.25) is 24.5 Å². The fourth-order valence-electron chi connectivity index (χ4n) is 3.97. The van der Waals surface area contributed by atoms with Crippen molar-refractivity contribution in [3.05, 3.63) is 40.1 Å². The third kappa shape index (κ3) is 7.90. The summed E-state index contributed by atoms with van der Waals surface area (Å²) in [6.45, 7) is 4.59. The van der Waals surface area contributed by atoms with Crippen LogP contribution in [-0.2, 0) is 14.4 Å². The van der Waals surface area contributed by atoms with Gasteiger partial charge < -0.3 is 37.7 Å². The molecule has 0 aliphatic carbocycles. The van der Waals surface area contributed by atoms with Gasteiger partial charge in [-0.1, -0.05) is 13.8 Å². The van der Waals surface area contributed by atoms with Crippen LogP contribution in [0, 0.1) is 16.0 Å². The number of nitrogens with zero attached hydrogens (tertiary/aromatic N) is 3. The lowest BCUT2D eigenvalue weighted by atomic mass is 9.98. The number of anilines is 1. The number of aliphatic imine (C=N–C) groups is 1. The van der Waals surface area contributed by atoms with Crippen LogP contribution >= 0.6 is 0 Å². The number of hydrogen-bond acceptors (Lipinski definition) is 6. The van der Waals surface area contributed by atoms with Gasteiger partial charge in [0.05, 0.1) is 4.92 Å². The Labute approximate surface area is 210 Å². The van der Waals surface area contributed by atoms with Crippen LogP contribution in [0.2, 0.25) is 0 Å². The first-order chi connectivity index (χ1) is 17.0. The molecule has 0 saturated carbocycles. The fourth-order valence-corrected chi connectivity index (χ4v) is 3.97. The molecule has 1 aromatic carbocycles. The average Bonchev–Trinajstić information content (AvgIpc) is 3.34. The molecular weight excluding hydrogens is 468 g/mol. The zero-order valence-electron chi connectivity index (χ0n) is 20.7. The number of quaternary nitrogens is 1. The molecule has 36 heavy (non-hydrogen) atoms. The Kier molecular flexibility index (Phi) is 10.6. The van der Waals surface area contributed by atoms with Crippen LogP contribution in [0.25, 0.3) is 5.73 Å². The van der Waals surface area contributed by atoms with Crippen molar-refractivity contribution in [2.24, 2.45) is 16.6 Å². The van der Waals surface area contributed by atoms with E-state index in [1.54, 1.807) is 4.90 Å². The summed E-state index contributed by atoms with van der Waals surface area (Å²) in [6, 6.07) is 3.24. The highest BCUT2D eigenvalue weighted by Gasteiger charge is 2.39. The lowest BCUT2D eigenvalue weighted by Crippen LogP contribution is -2.71. The molecule has 4 atom stereocenters. The van der Waals surface area contributed by atoms with Crippen molar-refractivity contribution in [1.82, 2.24) is 10.2 Å². The summed E-state index contributed by atoms with van der Waals surface area (Å²) < 4.78 is 0. The number of amides is 3. The van der Waals surface area contributed by atoms with Crippen molar-refractivity contribution in [1.29, 1.82) is 0 Å². The van der Waals surface area contributed by atoms with E-state index in [0.29, 0.717) is 31.5 Å². The molecular formula is C23H36N8O5. The number of nitrogens with one attached hydrogen (secondary N) is 3. The number of carbonyl (C=O) groups is 3. The number of benzene rings is 1. The normalized spacial score (nSPS) is 18.2. The number of non-ortho nitro benzene ring substituents is 1. The first kappa shape index (κ1) is 28.5. The van der Waals surface area contributed by atoms with Gasteiger partial charge in [0.25, 0.3) is 11.6 Å². The van der Waals surface area contributed by atoms with Crippen molar-refractivity contribution in [3.63, 3.8) is 0 Å². The maximum Gasteiger partial charge on any atom is 0.281 e. The maximum absolute atomic E-state index is 13.2. The van der Waals surface area contributed by atoms with E-state index in [-0.39, 0.29) is 36.4 Å². The largest absolute Gasteiger partial charge is 0.454 e. The average molecular weight is 505 g/mol. The molecule has 2 rings (SSSR count). The third-order valence-corrected chi connectivity index (χ3v) is 6.40. The van der Waals surface area contributed by atoms with E-state index in [1.807, 2.05) is 13.8 Å². The molecule has 1 heterocycles. The fraction of sp³-hybridized carbons (Fsp3) is 0.565. The van der Waals surface area contributed by atoms with Crippen LogP contribution < -0.4 is 22.1 Å². The molecule has 8 N–H and O–H groups in total. The van der Waals surface area contributed by atoms with Crippen molar-refractivity contribution in [2.75, 3.05) is 18.4 Å².